The number of hydrogen-bond acceptors (Lipinski definition) is 3. The summed E-state index contributed by atoms with van der Waals surface area (Å²) in [4.78, 5) is 24.4. The van der Waals surface area contributed by atoms with E-state index in [2.05, 4.69) is 0 Å². The number of benzene rings is 1. The molecule has 1 N–H and O–H groups in total. The molecule has 1 aromatic carbocycles. The van der Waals surface area contributed by atoms with Gasteiger partial charge in [-0.15, -0.1) is 0 Å². The first-order valence-corrected chi connectivity index (χ1v) is 6.17. The van der Waals surface area contributed by atoms with Gasteiger partial charge in [-0.3, -0.25) is 9.69 Å². The lowest BCUT2D eigenvalue weighted by atomic mass is 10.1. The van der Waals surface area contributed by atoms with Crippen molar-refractivity contribution < 1.29 is 14.7 Å². The van der Waals surface area contributed by atoms with Crippen molar-refractivity contribution in [2.24, 2.45) is 0 Å². The summed E-state index contributed by atoms with van der Waals surface area (Å²) in [6.45, 7) is 2.56. The lowest BCUT2D eigenvalue weighted by Crippen LogP contribution is -2.26. The van der Waals surface area contributed by atoms with Gasteiger partial charge in [-0.05, 0) is 20.4 Å². The normalized spacial score (nSPS) is 11.6. The summed E-state index contributed by atoms with van der Waals surface area (Å²) in [6, 6.07) is 9.15. The zero-order valence-electron chi connectivity index (χ0n) is 11.3. The molecule has 1 aromatic rings. The van der Waals surface area contributed by atoms with Crippen molar-refractivity contribution in [3.63, 3.8) is 0 Å². The lowest BCUT2D eigenvalue weighted by Gasteiger charge is -2.14. The lowest BCUT2D eigenvalue weighted by molar-refractivity contribution is -0.132. The van der Waals surface area contributed by atoms with Gasteiger partial charge in [-0.25, -0.2) is 4.79 Å². The number of carbonyl (C=O) groups is 2. The molecule has 0 fully saturated rings. The van der Waals surface area contributed by atoms with Crippen LogP contribution in [0.1, 0.15) is 23.7 Å². The molecule has 0 unspecified atom stereocenters. The molecule has 19 heavy (non-hydrogen) atoms. The second-order valence-corrected chi connectivity index (χ2v) is 4.51. The zero-order valence-corrected chi connectivity index (χ0v) is 11.3. The van der Waals surface area contributed by atoms with E-state index in [-0.39, 0.29) is 5.78 Å². The Bertz CT molecular complexity index is 466. The van der Waals surface area contributed by atoms with Crippen LogP contribution in [0.5, 0.6) is 0 Å². The highest BCUT2D eigenvalue weighted by Gasteiger charge is 2.08. The van der Waals surface area contributed by atoms with Gasteiger partial charge >= 0.3 is 5.97 Å². The number of carbonyl (C=O) groups excluding carboxylic acids is 1. The Morgan fingerprint density at radius 3 is 2.47 bits per heavy atom. The van der Waals surface area contributed by atoms with Crippen LogP contribution in [0, 0.1) is 0 Å². The van der Waals surface area contributed by atoms with Crippen LogP contribution in [0.3, 0.4) is 0 Å². The number of carboxylic acid groups (broad SMARTS) is 1. The van der Waals surface area contributed by atoms with E-state index in [0.29, 0.717) is 30.6 Å². The molecule has 1 rings (SSSR count). The van der Waals surface area contributed by atoms with Crippen molar-refractivity contribution in [3.8, 4) is 0 Å². The summed E-state index contributed by atoms with van der Waals surface area (Å²) in [5.41, 5.74) is 1.04. The molecule has 0 amide bonds. The molecule has 0 aromatic heterocycles. The Morgan fingerprint density at radius 2 is 1.89 bits per heavy atom. The molecule has 4 heteroatoms. The van der Waals surface area contributed by atoms with Gasteiger partial charge in [0, 0.05) is 17.7 Å². The van der Waals surface area contributed by atoms with Gasteiger partial charge in [0.05, 0.1) is 6.54 Å². The maximum absolute atomic E-state index is 11.9. The maximum atomic E-state index is 11.9. The van der Waals surface area contributed by atoms with E-state index in [1.807, 2.05) is 30.1 Å². The molecule has 0 bridgehead atoms. The number of hydrogen-bond donors (Lipinski definition) is 1. The van der Waals surface area contributed by atoms with Crippen molar-refractivity contribution >= 4 is 11.8 Å². The predicted octanol–water partition coefficient (Wildman–Crippen LogP) is 2.22. The summed E-state index contributed by atoms with van der Waals surface area (Å²) in [5, 5.41) is 8.71. The molecule has 4 nitrogen and oxygen atoms in total. The largest absolute Gasteiger partial charge is 0.478 e. The van der Waals surface area contributed by atoms with Crippen LogP contribution in [0.15, 0.2) is 42.0 Å². The average Bonchev–Trinajstić information content (AvgIpc) is 2.39. The molecule has 0 aliphatic heterocycles. The molecule has 0 saturated carbocycles. The fourth-order valence-electron chi connectivity index (χ4n) is 1.63. The van der Waals surface area contributed by atoms with E-state index >= 15 is 0 Å². The minimum absolute atomic E-state index is 0.0713. The molecule has 0 radical (unpaired) electrons. The van der Waals surface area contributed by atoms with Gasteiger partial charge in [-0.2, -0.15) is 0 Å². The van der Waals surface area contributed by atoms with Crippen LogP contribution in [0.25, 0.3) is 0 Å². The van der Waals surface area contributed by atoms with Crippen LogP contribution < -0.4 is 0 Å². The van der Waals surface area contributed by atoms with Crippen molar-refractivity contribution in [2.75, 3.05) is 20.1 Å². The van der Waals surface area contributed by atoms with Crippen LogP contribution in [-0.2, 0) is 4.79 Å². The Labute approximate surface area is 113 Å². The zero-order chi connectivity index (χ0) is 14.3. The van der Waals surface area contributed by atoms with Crippen molar-refractivity contribution in [1.29, 1.82) is 0 Å². The third kappa shape index (κ3) is 5.48. The van der Waals surface area contributed by atoms with Crippen LogP contribution >= 0.6 is 0 Å². The van der Waals surface area contributed by atoms with E-state index in [9.17, 15) is 9.59 Å². The minimum atomic E-state index is -0.900. The van der Waals surface area contributed by atoms with Crippen LogP contribution in [0.4, 0.5) is 0 Å². The summed E-state index contributed by atoms with van der Waals surface area (Å²) in [7, 11) is 1.85. The molecule has 0 aliphatic carbocycles. The summed E-state index contributed by atoms with van der Waals surface area (Å²) in [5.74, 6) is -0.829. The Morgan fingerprint density at radius 1 is 1.26 bits per heavy atom. The molecule has 0 saturated heterocycles. The van der Waals surface area contributed by atoms with Crippen LogP contribution in [0.2, 0.25) is 0 Å². The Balaban J connectivity index is 2.40. The van der Waals surface area contributed by atoms with Gasteiger partial charge < -0.3 is 5.11 Å². The molecule has 102 valence electrons. The quantitative estimate of drug-likeness (QED) is 0.604. The third-order valence-corrected chi connectivity index (χ3v) is 2.81. The number of likely N-dealkylation sites (N-methyl/N-ethyl adjacent to an activating group) is 1. The highest BCUT2D eigenvalue weighted by molar-refractivity contribution is 5.97. The number of nitrogens with zero attached hydrogens (tertiary/aromatic N) is 1. The third-order valence-electron chi connectivity index (χ3n) is 2.81. The van der Waals surface area contributed by atoms with E-state index in [0.717, 1.165) is 0 Å². The fraction of sp³-hybridized carbons (Fsp3) is 0.333. The summed E-state index contributed by atoms with van der Waals surface area (Å²) < 4.78 is 0. The predicted molar refractivity (Wildman–Crippen MR) is 74.3 cm³/mol. The maximum Gasteiger partial charge on any atom is 0.330 e. The number of aliphatic carboxylic acids is 1. The van der Waals surface area contributed by atoms with Gasteiger partial charge in [0.1, 0.15) is 0 Å². The number of rotatable bonds is 7. The fourth-order valence-corrected chi connectivity index (χ4v) is 1.63. The standard InChI is InChI=1S/C15H19NO3/c1-12(15(18)19)7-6-10-16(2)11-14(17)13-8-4-3-5-9-13/h3-5,7-9H,6,10-11H2,1-2H3,(H,18,19). The molecule has 0 atom stereocenters. The summed E-state index contributed by atoms with van der Waals surface area (Å²) >= 11 is 0. The first-order valence-electron chi connectivity index (χ1n) is 6.17. The van der Waals surface area contributed by atoms with Crippen molar-refractivity contribution in [1.82, 2.24) is 4.90 Å². The van der Waals surface area contributed by atoms with Gasteiger partial charge in [0.2, 0.25) is 0 Å². The van der Waals surface area contributed by atoms with Gasteiger partial charge in [0.15, 0.2) is 5.78 Å². The summed E-state index contributed by atoms with van der Waals surface area (Å²) in [6.07, 6.45) is 2.29. The SMILES string of the molecule is CC(=CCCN(C)CC(=O)c1ccccc1)C(=O)O. The molecular formula is C15H19NO3. The Hall–Kier alpha value is -1.94. The first-order chi connectivity index (χ1) is 9.00. The molecule has 0 spiro atoms. The van der Waals surface area contributed by atoms with Crippen LogP contribution in [-0.4, -0.2) is 41.9 Å². The molecule has 0 aliphatic rings. The second-order valence-electron chi connectivity index (χ2n) is 4.51. The number of ketones is 1. The Kier molecular flexibility index (Phi) is 5.96. The van der Waals surface area contributed by atoms with Crippen molar-refractivity contribution in [2.45, 2.75) is 13.3 Å². The van der Waals surface area contributed by atoms with E-state index in [1.165, 1.54) is 0 Å². The van der Waals surface area contributed by atoms with Gasteiger partial charge in [0.25, 0.3) is 0 Å². The topological polar surface area (TPSA) is 57.6 Å². The highest BCUT2D eigenvalue weighted by atomic mass is 16.4. The van der Waals surface area contributed by atoms with E-state index < -0.39 is 5.97 Å². The minimum Gasteiger partial charge on any atom is -0.478 e. The number of carboxylic acids is 1. The molecular weight excluding hydrogens is 242 g/mol. The monoisotopic (exact) mass is 261 g/mol. The average molecular weight is 261 g/mol. The first kappa shape index (κ1) is 15.1. The van der Waals surface area contributed by atoms with Gasteiger partial charge in [-0.1, -0.05) is 36.4 Å². The smallest absolute Gasteiger partial charge is 0.330 e. The second kappa shape index (κ2) is 7.48. The van der Waals surface area contributed by atoms with E-state index in [1.54, 1.807) is 25.1 Å². The number of Topliss-reactive ketones (excluding diaryl/α,β-unsaturated/α-hetero) is 1. The highest BCUT2D eigenvalue weighted by Crippen LogP contribution is 2.02. The van der Waals surface area contributed by atoms with E-state index in [4.69, 9.17) is 5.11 Å². The molecule has 0 heterocycles. The van der Waals surface area contributed by atoms with Crippen molar-refractivity contribution in [3.05, 3.63) is 47.5 Å².